The molecule has 2 unspecified atom stereocenters. The second-order valence-corrected chi connectivity index (χ2v) is 4.93. The number of anilines is 1. The molecule has 4 nitrogen and oxygen atoms in total. The normalized spacial score (nSPS) is 23.0. The number of hydrogen-bond acceptors (Lipinski definition) is 3. The molecule has 2 atom stereocenters. The van der Waals surface area contributed by atoms with Gasteiger partial charge < -0.3 is 15.8 Å². The van der Waals surface area contributed by atoms with E-state index in [1.165, 1.54) is 0 Å². The highest BCUT2D eigenvalue weighted by Gasteiger charge is 2.26. The molecular weight excluding hydrogens is 228 g/mol. The third-order valence-corrected chi connectivity index (χ3v) is 3.51. The molecule has 1 aromatic rings. The summed E-state index contributed by atoms with van der Waals surface area (Å²) in [7, 11) is 1.72. The Kier molecular flexibility index (Phi) is 3.87. The maximum Gasteiger partial charge on any atom is 0.253 e. The zero-order valence-corrected chi connectivity index (χ0v) is 10.9. The van der Waals surface area contributed by atoms with E-state index in [2.05, 4.69) is 5.32 Å². The van der Waals surface area contributed by atoms with Gasteiger partial charge in [-0.25, -0.2) is 0 Å². The number of nitrogen functional groups attached to an aromatic ring is 1. The lowest BCUT2D eigenvalue weighted by Gasteiger charge is -2.14. The van der Waals surface area contributed by atoms with E-state index in [9.17, 15) is 4.79 Å². The average Bonchev–Trinajstić information content (AvgIpc) is 2.80. The van der Waals surface area contributed by atoms with Crippen LogP contribution in [0.25, 0.3) is 0 Å². The van der Waals surface area contributed by atoms with Gasteiger partial charge in [-0.05, 0) is 38.3 Å². The molecule has 0 spiro atoms. The quantitative estimate of drug-likeness (QED) is 0.803. The zero-order chi connectivity index (χ0) is 13.1. The number of nitrogens with two attached hydrogens (primary N) is 1. The minimum atomic E-state index is -0.0852. The highest BCUT2D eigenvalue weighted by atomic mass is 16.5. The molecule has 1 amide bonds. The van der Waals surface area contributed by atoms with Gasteiger partial charge >= 0.3 is 0 Å². The van der Waals surface area contributed by atoms with E-state index >= 15 is 0 Å². The van der Waals surface area contributed by atoms with Crippen LogP contribution in [0.5, 0.6) is 0 Å². The summed E-state index contributed by atoms with van der Waals surface area (Å²) in [5, 5.41) is 3.03. The van der Waals surface area contributed by atoms with Crippen LogP contribution in [0.3, 0.4) is 0 Å². The van der Waals surface area contributed by atoms with Gasteiger partial charge in [0.1, 0.15) is 0 Å². The Morgan fingerprint density at radius 3 is 2.89 bits per heavy atom. The van der Waals surface area contributed by atoms with Gasteiger partial charge in [-0.3, -0.25) is 4.79 Å². The summed E-state index contributed by atoms with van der Waals surface area (Å²) in [6.07, 6.45) is 3.12. The molecular formula is C14H20N2O2. The van der Waals surface area contributed by atoms with Crippen molar-refractivity contribution in [2.45, 2.75) is 38.3 Å². The number of aryl methyl sites for hydroxylation is 1. The molecule has 98 valence electrons. The molecule has 1 saturated carbocycles. The average molecular weight is 248 g/mol. The molecule has 0 aliphatic heterocycles. The number of rotatable bonds is 3. The largest absolute Gasteiger partial charge is 0.398 e. The molecule has 0 saturated heterocycles. The van der Waals surface area contributed by atoms with Crippen LogP contribution in [-0.4, -0.2) is 25.2 Å². The summed E-state index contributed by atoms with van der Waals surface area (Å²) in [5.74, 6) is -0.0852. The highest BCUT2D eigenvalue weighted by molar-refractivity contribution is 5.99. The summed E-state index contributed by atoms with van der Waals surface area (Å²) in [4.78, 5) is 12.1. The van der Waals surface area contributed by atoms with E-state index in [4.69, 9.17) is 10.5 Å². The Labute approximate surface area is 108 Å². The number of benzene rings is 1. The topological polar surface area (TPSA) is 64.3 Å². The minimum Gasteiger partial charge on any atom is -0.398 e. The highest BCUT2D eigenvalue weighted by Crippen LogP contribution is 2.22. The van der Waals surface area contributed by atoms with Gasteiger partial charge in [-0.2, -0.15) is 0 Å². The first-order valence-corrected chi connectivity index (χ1v) is 6.30. The van der Waals surface area contributed by atoms with Crippen LogP contribution in [0.4, 0.5) is 5.69 Å². The van der Waals surface area contributed by atoms with Gasteiger partial charge in [0.25, 0.3) is 5.91 Å². The van der Waals surface area contributed by atoms with Crippen LogP contribution in [0.15, 0.2) is 18.2 Å². The molecule has 1 aliphatic carbocycles. The summed E-state index contributed by atoms with van der Waals surface area (Å²) in [6, 6.07) is 5.70. The number of amides is 1. The molecule has 18 heavy (non-hydrogen) atoms. The van der Waals surface area contributed by atoms with E-state index in [0.29, 0.717) is 11.3 Å². The van der Waals surface area contributed by atoms with Gasteiger partial charge in [-0.15, -0.1) is 0 Å². The SMILES string of the molecule is COC1CCC(NC(=O)c2cc(C)ccc2N)C1. The first-order chi connectivity index (χ1) is 8.60. The first kappa shape index (κ1) is 12.9. The smallest absolute Gasteiger partial charge is 0.253 e. The molecule has 0 aromatic heterocycles. The summed E-state index contributed by atoms with van der Waals surface area (Å²) < 4.78 is 5.30. The van der Waals surface area contributed by atoms with Crippen LogP contribution in [-0.2, 0) is 4.74 Å². The maximum atomic E-state index is 12.1. The molecule has 1 fully saturated rings. The van der Waals surface area contributed by atoms with Crippen molar-refractivity contribution in [2.24, 2.45) is 0 Å². The van der Waals surface area contributed by atoms with Gasteiger partial charge in [0.2, 0.25) is 0 Å². The number of carbonyl (C=O) groups excluding carboxylic acids is 1. The Morgan fingerprint density at radius 1 is 1.44 bits per heavy atom. The zero-order valence-electron chi connectivity index (χ0n) is 10.9. The van der Waals surface area contributed by atoms with Crippen LogP contribution >= 0.6 is 0 Å². The monoisotopic (exact) mass is 248 g/mol. The maximum absolute atomic E-state index is 12.1. The molecule has 0 radical (unpaired) electrons. The van der Waals surface area contributed by atoms with Crippen molar-refractivity contribution in [3.05, 3.63) is 29.3 Å². The first-order valence-electron chi connectivity index (χ1n) is 6.30. The van der Waals surface area contributed by atoms with E-state index in [-0.39, 0.29) is 18.1 Å². The predicted octanol–water partition coefficient (Wildman–Crippen LogP) is 1.87. The molecule has 0 bridgehead atoms. The molecule has 1 aromatic carbocycles. The lowest BCUT2D eigenvalue weighted by molar-refractivity contribution is 0.0916. The van der Waals surface area contributed by atoms with Crippen molar-refractivity contribution < 1.29 is 9.53 Å². The number of carbonyl (C=O) groups is 1. The Balaban J connectivity index is 2.02. The van der Waals surface area contributed by atoms with Crippen molar-refractivity contribution in [3.8, 4) is 0 Å². The molecule has 3 N–H and O–H groups in total. The molecule has 1 aliphatic rings. The van der Waals surface area contributed by atoms with Crippen molar-refractivity contribution in [1.29, 1.82) is 0 Å². The minimum absolute atomic E-state index is 0.0852. The van der Waals surface area contributed by atoms with Crippen LogP contribution in [0.2, 0.25) is 0 Å². The fourth-order valence-electron chi connectivity index (χ4n) is 2.42. The van der Waals surface area contributed by atoms with Crippen molar-refractivity contribution in [3.63, 3.8) is 0 Å². The van der Waals surface area contributed by atoms with E-state index in [1.54, 1.807) is 13.2 Å². The van der Waals surface area contributed by atoms with E-state index < -0.39 is 0 Å². The molecule has 0 heterocycles. The third-order valence-electron chi connectivity index (χ3n) is 3.51. The van der Waals surface area contributed by atoms with Gasteiger partial charge in [-0.1, -0.05) is 11.6 Å². The molecule has 2 rings (SSSR count). The van der Waals surface area contributed by atoms with Gasteiger partial charge in [0.15, 0.2) is 0 Å². The summed E-state index contributed by atoms with van der Waals surface area (Å²) in [6.45, 7) is 1.95. The summed E-state index contributed by atoms with van der Waals surface area (Å²) >= 11 is 0. The van der Waals surface area contributed by atoms with Gasteiger partial charge in [0.05, 0.1) is 11.7 Å². The Morgan fingerprint density at radius 2 is 2.22 bits per heavy atom. The van der Waals surface area contributed by atoms with Crippen molar-refractivity contribution in [2.75, 3.05) is 12.8 Å². The molecule has 4 heteroatoms. The third kappa shape index (κ3) is 2.82. The Bertz CT molecular complexity index is 445. The number of ether oxygens (including phenoxy) is 1. The van der Waals surface area contributed by atoms with Gasteiger partial charge in [0, 0.05) is 18.8 Å². The lowest BCUT2D eigenvalue weighted by atomic mass is 10.1. The van der Waals surface area contributed by atoms with Crippen molar-refractivity contribution >= 4 is 11.6 Å². The Hall–Kier alpha value is -1.55. The predicted molar refractivity (Wildman–Crippen MR) is 71.5 cm³/mol. The van der Waals surface area contributed by atoms with Crippen LogP contribution in [0, 0.1) is 6.92 Å². The standard InChI is InChI=1S/C14H20N2O2/c1-9-3-6-13(15)12(7-9)14(17)16-10-4-5-11(8-10)18-2/h3,6-7,10-11H,4-5,8,15H2,1-2H3,(H,16,17). The fraction of sp³-hybridized carbons (Fsp3) is 0.500. The second-order valence-electron chi connectivity index (χ2n) is 4.93. The van der Waals surface area contributed by atoms with Crippen molar-refractivity contribution in [1.82, 2.24) is 5.32 Å². The lowest BCUT2D eigenvalue weighted by Crippen LogP contribution is -2.33. The fourth-order valence-corrected chi connectivity index (χ4v) is 2.42. The summed E-state index contributed by atoms with van der Waals surface area (Å²) in [5.41, 5.74) is 7.96. The van der Waals surface area contributed by atoms with Crippen LogP contribution in [0.1, 0.15) is 35.2 Å². The second kappa shape index (κ2) is 5.40. The number of methoxy groups -OCH3 is 1. The van der Waals surface area contributed by atoms with E-state index in [1.807, 2.05) is 19.1 Å². The van der Waals surface area contributed by atoms with Crippen LogP contribution < -0.4 is 11.1 Å². The number of hydrogen-bond donors (Lipinski definition) is 2. The van der Waals surface area contributed by atoms with E-state index in [0.717, 1.165) is 24.8 Å². The number of nitrogens with one attached hydrogen (secondary N) is 1.